The minimum absolute atomic E-state index is 0.160. The molecule has 0 fully saturated rings. The molecule has 2 rings (SSSR count). The second-order valence-corrected chi connectivity index (χ2v) is 8.11. The van der Waals surface area contributed by atoms with Crippen LogP contribution in [0.15, 0.2) is 53.4 Å². The number of non-ortho nitro benzene ring substituents is 1. The second kappa shape index (κ2) is 7.35. The van der Waals surface area contributed by atoms with Gasteiger partial charge in [-0.25, -0.2) is 13.2 Å². The van der Waals surface area contributed by atoms with E-state index in [1.807, 2.05) is 22.6 Å². The molecular weight excluding hydrogens is 463 g/mol. The summed E-state index contributed by atoms with van der Waals surface area (Å²) >= 11 is 1.98. The van der Waals surface area contributed by atoms with Crippen molar-refractivity contribution in [3.63, 3.8) is 0 Å². The van der Waals surface area contributed by atoms with Gasteiger partial charge in [0, 0.05) is 15.7 Å². The summed E-state index contributed by atoms with van der Waals surface area (Å²) in [4.78, 5) is 21.3. The highest BCUT2D eigenvalue weighted by atomic mass is 127. The molecule has 2 aromatic rings. The molecule has 25 heavy (non-hydrogen) atoms. The van der Waals surface area contributed by atoms with E-state index in [4.69, 9.17) is 0 Å². The third-order valence-electron chi connectivity index (χ3n) is 3.36. The largest absolute Gasteiger partial charge is 0.480 e. The van der Waals surface area contributed by atoms with Crippen molar-refractivity contribution in [3.05, 3.63) is 62.2 Å². The number of sulfonamides is 1. The lowest BCUT2D eigenvalue weighted by molar-refractivity contribution is -0.385. The molecule has 0 aromatic heterocycles. The molecule has 1 unspecified atom stereocenters. The number of carboxylic acids is 1. The molecule has 10 heteroatoms. The van der Waals surface area contributed by atoms with Crippen LogP contribution in [0.5, 0.6) is 0 Å². The van der Waals surface area contributed by atoms with Gasteiger partial charge < -0.3 is 5.11 Å². The fraction of sp³-hybridized carbons (Fsp3) is 0.133. The van der Waals surface area contributed by atoms with Gasteiger partial charge in [0.1, 0.15) is 6.04 Å². The topological polar surface area (TPSA) is 118 Å². The van der Waals surface area contributed by atoms with Gasteiger partial charge >= 0.3 is 5.97 Å². The van der Waals surface area contributed by atoms with E-state index in [0.29, 0.717) is 3.57 Å². The molecule has 8 nitrogen and oxygen atoms in total. The Morgan fingerprint density at radius 1 is 1.24 bits per heavy atom. The number of halogens is 1. The van der Waals surface area contributed by atoms with Gasteiger partial charge in [-0.1, -0.05) is 12.1 Å². The zero-order valence-corrected chi connectivity index (χ0v) is 15.8. The number of nitro benzene ring substituents is 1. The molecule has 0 aliphatic carbocycles. The first-order valence-electron chi connectivity index (χ1n) is 6.92. The SMILES string of the molecule is CC(C(=O)O)N(c1cccc(I)c1)S(=O)(=O)c1cccc([N+](=O)[O-])c1. The smallest absolute Gasteiger partial charge is 0.327 e. The molecule has 0 saturated carbocycles. The average Bonchev–Trinajstić information content (AvgIpc) is 2.54. The number of aliphatic carboxylic acids is 1. The van der Waals surface area contributed by atoms with Gasteiger partial charge in [0.05, 0.1) is 15.5 Å². The summed E-state index contributed by atoms with van der Waals surface area (Å²) in [5.41, 5.74) is -0.236. The van der Waals surface area contributed by atoms with Gasteiger partial charge in [-0.05, 0) is 53.8 Å². The summed E-state index contributed by atoms with van der Waals surface area (Å²) in [6.07, 6.45) is 0. The van der Waals surface area contributed by atoms with Crippen LogP contribution in [0.25, 0.3) is 0 Å². The zero-order valence-electron chi connectivity index (χ0n) is 12.9. The van der Waals surface area contributed by atoms with E-state index in [0.717, 1.165) is 16.4 Å². The lowest BCUT2D eigenvalue weighted by Crippen LogP contribution is -2.43. The predicted molar refractivity (Wildman–Crippen MR) is 99.0 cm³/mol. The molecule has 0 aliphatic rings. The molecule has 0 heterocycles. The normalized spacial score (nSPS) is 12.4. The fourth-order valence-corrected chi connectivity index (χ4v) is 4.33. The summed E-state index contributed by atoms with van der Waals surface area (Å²) in [6.45, 7) is 1.23. The third kappa shape index (κ3) is 4.07. The van der Waals surface area contributed by atoms with Gasteiger partial charge in [-0.3, -0.25) is 14.4 Å². The van der Waals surface area contributed by atoms with E-state index in [1.54, 1.807) is 12.1 Å². The summed E-state index contributed by atoms with van der Waals surface area (Å²) in [6, 6.07) is 9.42. The van der Waals surface area contributed by atoms with E-state index in [9.17, 15) is 28.4 Å². The van der Waals surface area contributed by atoms with Crippen LogP contribution in [-0.4, -0.2) is 30.5 Å². The van der Waals surface area contributed by atoms with Crippen molar-refractivity contribution in [2.75, 3.05) is 4.31 Å². The minimum atomic E-state index is -4.33. The van der Waals surface area contributed by atoms with Crippen LogP contribution in [0.2, 0.25) is 0 Å². The number of nitrogens with zero attached hydrogens (tertiary/aromatic N) is 2. The van der Waals surface area contributed by atoms with Crippen LogP contribution >= 0.6 is 22.6 Å². The Balaban J connectivity index is 2.65. The number of rotatable bonds is 6. The lowest BCUT2D eigenvalue weighted by atomic mass is 10.2. The Labute approximate surface area is 157 Å². The molecule has 1 atom stereocenters. The Kier molecular flexibility index (Phi) is 5.62. The molecule has 0 bridgehead atoms. The van der Waals surface area contributed by atoms with E-state index >= 15 is 0 Å². The van der Waals surface area contributed by atoms with Gasteiger partial charge in [0.2, 0.25) is 0 Å². The van der Waals surface area contributed by atoms with Crippen molar-refractivity contribution in [2.45, 2.75) is 17.9 Å². The average molecular weight is 476 g/mol. The number of carbonyl (C=O) groups is 1. The zero-order chi connectivity index (χ0) is 18.8. The minimum Gasteiger partial charge on any atom is -0.480 e. The van der Waals surface area contributed by atoms with Crippen molar-refractivity contribution >= 4 is 50.0 Å². The lowest BCUT2D eigenvalue weighted by Gasteiger charge is -2.28. The second-order valence-electron chi connectivity index (χ2n) is 5.05. The van der Waals surface area contributed by atoms with E-state index in [1.165, 1.54) is 31.2 Å². The molecule has 0 spiro atoms. The number of hydrogen-bond donors (Lipinski definition) is 1. The van der Waals surface area contributed by atoms with Crippen LogP contribution < -0.4 is 4.31 Å². The van der Waals surface area contributed by atoms with Crippen LogP contribution in [0, 0.1) is 13.7 Å². The van der Waals surface area contributed by atoms with Gasteiger partial charge in [0.15, 0.2) is 0 Å². The first-order valence-corrected chi connectivity index (χ1v) is 9.43. The molecule has 0 amide bonds. The van der Waals surface area contributed by atoms with Gasteiger partial charge in [0.25, 0.3) is 15.7 Å². The van der Waals surface area contributed by atoms with Crippen LogP contribution in [0.4, 0.5) is 11.4 Å². The first kappa shape index (κ1) is 19.1. The quantitative estimate of drug-likeness (QED) is 0.389. The van der Waals surface area contributed by atoms with Crippen LogP contribution in [-0.2, 0) is 14.8 Å². The predicted octanol–water partition coefficient (Wildman–Crippen LogP) is 2.87. The molecule has 1 N–H and O–H groups in total. The highest BCUT2D eigenvalue weighted by Crippen LogP contribution is 2.29. The third-order valence-corrected chi connectivity index (χ3v) is 5.92. The Morgan fingerprint density at radius 2 is 1.88 bits per heavy atom. The summed E-state index contributed by atoms with van der Waals surface area (Å²) in [5, 5.41) is 20.2. The van der Waals surface area contributed by atoms with Crippen molar-refractivity contribution in [2.24, 2.45) is 0 Å². The van der Waals surface area contributed by atoms with Crippen molar-refractivity contribution < 1.29 is 23.2 Å². The van der Waals surface area contributed by atoms with E-state index in [-0.39, 0.29) is 10.6 Å². The maximum Gasteiger partial charge on any atom is 0.327 e. The van der Waals surface area contributed by atoms with Crippen LogP contribution in [0.1, 0.15) is 6.92 Å². The highest BCUT2D eigenvalue weighted by Gasteiger charge is 2.34. The number of nitro groups is 1. The number of hydrogen-bond acceptors (Lipinski definition) is 5. The van der Waals surface area contributed by atoms with Gasteiger partial charge in [-0.2, -0.15) is 0 Å². The summed E-state index contributed by atoms with van der Waals surface area (Å²) in [5.74, 6) is -1.34. The summed E-state index contributed by atoms with van der Waals surface area (Å²) in [7, 11) is -4.33. The fourth-order valence-electron chi connectivity index (χ4n) is 2.16. The van der Waals surface area contributed by atoms with E-state index < -0.39 is 32.6 Å². The van der Waals surface area contributed by atoms with Crippen molar-refractivity contribution in [1.82, 2.24) is 0 Å². The molecule has 2 aromatic carbocycles. The van der Waals surface area contributed by atoms with Crippen molar-refractivity contribution in [1.29, 1.82) is 0 Å². The first-order chi connectivity index (χ1) is 11.6. The maximum absolute atomic E-state index is 13.0. The molecule has 0 aliphatic heterocycles. The number of benzene rings is 2. The number of anilines is 1. The Hall–Kier alpha value is -2.21. The van der Waals surface area contributed by atoms with Gasteiger partial charge in [-0.15, -0.1) is 0 Å². The monoisotopic (exact) mass is 476 g/mol. The molecule has 0 saturated heterocycles. The summed E-state index contributed by atoms with van der Waals surface area (Å²) < 4.78 is 27.5. The Bertz CT molecular complexity index is 931. The molecular formula is C15H13IN2O6S. The maximum atomic E-state index is 13.0. The Morgan fingerprint density at radius 3 is 2.44 bits per heavy atom. The van der Waals surface area contributed by atoms with Crippen molar-refractivity contribution in [3.8, 4) is 0 Å². The molecule has 132 valence electrons. The highest BCUT2D eigenvalue weighted by molar-refractivity contribution is 14.1. The molecule has 0 radical (unpaired) electrons. The standard InChI is InChI=1S/C15H13IN2O6S/c1-10(15(19)20)17(12-5-2-4-11(16)8-12)25(23,24)14-7-3-6-13(9-14)18(21)22/h2-10H,1H3,(H,19,20). The van der Waals surface area contributed by atoms with E-state index in [2.05, 4.69) is 0 Å². The number of carboxylic acid groups (broad SMARTS) is 1. The van der Waals surface area contributed by atoms with Crippen LogP contribution in [0.3, 0.4) is 0 Å².